The highest BCUT2D eigenvalue weighted by Gasteiger charge is 2.08. The van der Waals surface area contributed by atoms with E-state index in [1.54, 1.807) is 13.0 Å². The largest absolute Gasteiger partial charge is 0.244 e. The molecule has 6 heteroatoms. The Labute approximate surface area is 86.1 Å². The van der Waals surface area contributed by atoms with Crippen LogP contribution < -0.4 is 0 Å². The van der Waals surface area contributed by atoms with Crippen molar-refractivity contribution < 1.29 is 8.42 Å². The van der Waals surface area contributed by atoms with Crippen LogP contribution in [0.4, 0.5) is 0 Å². The highest BCUT2D eigenvalue weighted by Crippen LogP contribution is 2.15. The molecule has 0 aliphatic rings. The zero-order valence-electron chi connectivity index (χ0n) is 6.79. The van der Waals surface area contributed by atoms with Gasteiger partial charge >= 0.3 is 0 Å². The van der Waals surface area contributed by atoms with E-state index >= 15 is 0 Å². The molecular formula is C7H7Cl2NO2S. The minimum atomic E-state index is -3.52. The number of aryl methyl sites for hydroxylation is 1. The molecule has 0 unspecified atom stereocenters. The summed E-state index contributed by atoms with van der Waals surface area (Å²) in [5.41, 5.74) is 1.27. The van der Waals surface area contributed by atoms with Crippen molar-refractivity contribution >= 4 is 31.3 Å². The van der Waals surface area contributed by atoms with E-state index in [1.165, 1.54) is 6.20 Å². The first kappa shape index (κ1) is 10.8. The van der Waals surface area contributed by atoms with Crippen molar-refractivity contribution in [3.05, 3.63) is 28.5 Å². The van der Waals surface area contributed by atoms with Gasteiger partial charge in [-0.1, -0.05) is 17.7 Å². The molecule has 0 radical (unpaired) electrons. The second-order valence-electron chi connectivity index (χ2n) is 2.63. The van der Waals surface area contributed by atoms with Gasteiger partial charge in [0.15, 0.2) is 0 Å². The predicted molar refractivity (Wildman–Crippen MR) is 52.5 cm³/mol. The SMILES string of the molecule is Cc1cc(CS(=O)(=O)Cl)cnc1Cl. The van der Waals surface area contributed by atoms with E-state index < -0.39 is 9.05 Å². The summed E-state index contributed by atoms with van der Waals surface area (Å²) in [6.45, 7) is 1.75. The third kappa shape index (κ3) is 3.50. The molecule has 0 aliphatic heterocycles. The Hall–Kier alpha value is -0.320. The van der Waals surface area contributed by atoms with Crippen molar-refractivity contribution in [2.45, 2.75) is 12.7 Å². The van der Waals surface area contributed by atoms with Crippen LogP contribution in [0.25, 0.3) is 0 Å². The average Bonchev–Trinajstić information content (AvgIpc) is 1.94. The zero-order valence-corrected chi connectivity index (χ0v) is 9.12. The number of rotatable bonds is 2. The molecule has 0 atom stereocenters. The van der Waals surface area contributed by atoms with Gasteiger partial charge in [0.2, 0.25) is 9.05 Å². The van der Waals surface area contributed by atoms with Gasteiger partial charge in [0.25, 0.3) is 0 Å². The molecule has 1 rings (SSSR count). The number of aromatic nitrogens is 1. The number of halogens is 2. The zero-order chi connectivity index (χ0) is 10.1. The van der Waals surface area contributed by atoms with E-state index in [-0.39, 0.29) is 5.75 Å². The Bertz CT molecular complexity index is 417. The van der Waals surface area contributed by atoms with E-state index in [1.807, 2.05) is 0 Å². The van der Waals surface area contributed by atoms with Gasteiger partial charge in [-0.05, 0) is 18.1 Å². The van der Waals surface area contributed by atoms with Crippen molar-refractivity contribution in [2.24, 2.45) is 0 Å². The highest BCUT2D eigenvalue weighted by molar-refractivity contribution is 8.13. The molecule has 0 aromatic carbocycles. The van der Waals surface area contributed by atoms with Gasteiger partial charge < -0.3 is 0 Å². The van der Waals surface area contributed by atoms with Crippen molar-refractivity contribution in [2.75, 3.05) is 0 Å². The summed E-state index contributed by atoms with van der Waals surface area (Å²) in [5, 5.41) is 0.371. The quantitative estimate of drug-likeness (QED) is 0.587. The number of hydrogen-bond donors (Lipinski definition) is 0. The Kier molecular flexibility index (Phi) is 3.16. The topological polar surface area (TPSA) is 47.0 Å². The van der Waals surface area contributed by atoms with Gasteiger partial charge in [-0.15, -0.1) is 0 Å². The summed E-state index contributed by atoms with van der Waals surface area (Å²) >= 11 is 5.66. The Morgan fingerprint density at radius 2 is 2.15 bits per heavy atom. The van der Waals surface area contributed by atoms with E-state index in [2.05, 4.69) is 4.98 Å². The fourth-order valence-corrected chi connectivity index (χ4v) is 1.93. The van der Waals surface area contributed by atoms with Crippen LogP contribution >= 0.6 is 22.3 Å². The normalized spacial score (nSPS) is 11.6. The first-order valence-electron chi connectivity index (χ1n) is 3.42. The molecule has 1 heterocycles. The summed E-state index contributed by atoms with van der Waals surface area (Å²) in [5.74, 6) is -0.223. The third-order valence-electron chi connectivity index (χ3n) is 1.41. The molecule has 1 aromatic heterocycles. The molecule has 0 saturated carbocycles. The maximum absolute atomic E-state index is 10.7. The van der Waals surface area contributed by atoms with Crippen molar-refractivity contribution in [1.82, 2.24) is 4.98 Å². The predicted octanol–water partition coefficient (Wildman–Crippen LogP) is 2.11. The fraction of sp³-hybridized carbons (Fsp3) is 0.286. The van der Waals surface area contributed by atoms with Gasteiger partial charge in [0.05, 0.1) is 5.75 Å². The fourth-order valence-electron chi connectivity index (χ4n) is 0.894. The van der Waals surface area contributed by atoms with Crippen LogP contribution in [0.15, 0.2) is 12.3 Å². The lowest BCUT2D eigenvalue weighted by atomic mass is 10.2. The van der Waals surface area contributed by atoms with Gasteiger partial charge in [0, 0.05) is 16.9 Å². The van der Waals surface area contributed by atoms with Gasteiger partial charge in [-0.25, -0.2) is 13.4 Å². The van der Waals surface area contributed by atoms with Gasteiger partial charge in [-0.2, -0.15) is 0 Å². The molecule has 0 N–H and O–H groups in total. The van der Waals surface area contributed by atoms with E-state index in [9.17, 15) is 8.42 Å². The van der Waals surface area contributed by atoms with Crippen LogP contribution in [-0.4, -0.2) is 13.4 Å². The minimum absolute atomic E-state index is 0.223. The van der Waals surface area contributed by atoms with Crippen molar-refractivity contribution in [1.29, 1.82) is 0 Å². The lowest BCUT2D eigenvalue weighted by molar-refractivity contribution is 0.609. The smallest absolute Gasteiger partial charge is 0.236 e. The van der Waals surface area contributed by atoms with Crippen LogP contribution in [0.3, 0.4) is 0 Å². The average molecular weight is 240 g/mol. The van der Waals surface area contributed by atoms with Crippen LogP contribution in [-0.2, 0) is 14.8 Å². The van der Waals surface area contributed by atoms with Crippen LogP contribution in [0, 0.1) is 6.92 Å². The summed E-state index contributed by atoms with van der Waals surface area (Å²) in [4.78, 5) is 3.81. The Morgan fingerprint density at radius 3 is 2.62 bits per heavy atom. The molecule has 72 valence electrons. The molecule has 3 nitrogen and oxygen atoms in total. The lowest BCUT2D eigenvalue weighted by Gasteiger charge is -2.00. The van der Waals surface area contributed by atoms with E-state index in [4.69, 9.17) is 22.3 Å². The third-order valence-corrected chi connectivity index (χ3v) is 2.81. The molecule has 0 saturated heterocycles. The molecule has 0 bridgehead atoms. The highest BCUT2D eigenvalue weighted by atomic mass is 35.7. The molecule has 1 aromatic rings. The van der Waals surface area contributed by atoms with E-state index in [0.717, 1.165) is 5.56 Å². The van der Waals surface area contributed by atoms with Crippen molar-refractivity contribution in [3.8, 4) is 0 Å². The lowest BCUT2D eigenvalue weighted by Crippen LogP contribution is -1.96. The minimum Gasteiger partial charge on any atom is -0.244 e. The maximum atomic E-state index is 10.7. The summed E-state index contributed by atoms with van der Waals surface area (Å²) < 4.78 is 21.4. The second kappa shape index (κ2) is 3.82. The van der Waals surface area contributed by atoms with Crippen molar-refractivity contribution in [3.63, 3.8) is 0 Å². The van der Waals surface area contributed by atoms with Crippen LogP contribution in [0.2, 0.25) is 5.15 Å². The molecule has 0 spiro atoms. The molecular weight excluding hydrogens is 233 g/mol. The summed E-state index contributed by atoms with van der Waals surface area (Å²) in [6.07, 6.45) is 1.40. The molecule has 0 amide bonds. The standard InChI is InChI=1S/C7H7Cl2NO2S/c1-5-2-6(3-10-7(5)8)4-13(9,11)12/h2-3H,4H2,1H3. The number of hydrogen-bond acceptors (Lipinski definition) is 3. The van der Waals surface area contributed by atoms with Gasteiger partial charge in [-0.3, -0.25) is 0 Å². The number of nitrogens with zero attached hydrogens (tertiary/aromatic N) is 1. The molecule has 0 aliphatic carbocycles. The maximum Gasteiger partial charge on any atom is 0.236 e. The first-order chi connectivity index (χ1) is 5.88. The van der Waals surface area contributed by atoms with Gasteiger partial charge in [0.1, 0.15) is 5.15 Å². The Morgan fingerprint density at radius 1 is 1.54 bits per heavy atom. The summed E-state index contributed by atoms with van der Waals surface area (Å²) in [6, 6.07) is 1.65. The van der Waals surface area contributed by atoms with Crippen LogP contribution in [0.1, 0.15) is 11.1 Å². The molecule has 13 heavy (non-hydrogen) atoms. The molecule has 0 fully saturated rings. The van der Waals surface area contributed by atoms with E-state index in [0.29, 0.717) is 10.7 Å². The first-order valence-corrected chi connectivity index (χ1v) is 6.27. The second-order valence-corrected chi connectivity index (χ2v) is 5.77. The summed E-state index contributed by atoms with van der Waals surface area (Å²) in [7, 11) is 1.55. The Balaban J connectivity index is 2.99. The number of pyridine rings is 1. The monoisotopic (exact) mass is 239 g/mol. The van der Waals surface area contributed by atoms with Crippen LogP contribution in [0.5, 0.6) is 0 Å².